The molecule has 20 heavy (non-hydrogen) atoms. The SMILES string of the molecule is Cl.NC1CCC(n2cc(C(=O)N3CCCC3)nn2)CC1. The van der Waals surface area contributed by atoms with Gasteiger partial charge in [0.15, 0.2) is 5.69 Å². The average molecular weight is 300 g/mol. The van der Waals surface area contributed by atoms with Gasteiger partial charge in [-0.05, 0) is 38.5 Å². The highest BCUT2D eigenvalue weighted by atomic mass is 35.5. The Labute approximate surface area is 125 Å². The van der Waals surface area contributed by atoms with Gasteiger partial charge in [-0.2, -0.15) is 0 Å². The normalized spacial score (nSPS) is 26.4. The summed E-state index contributed by atoms with van der Waals surface area (Å²) >= 11 is 0. The zero-order valence-electron chi connectivity index (χ0n) is 11.6. The van der Waals surface area contributed by atoms with Crippen LogP contribution in [-0.2, 0) is 0 Å². The number of likely N-dealkylation sites (tertiary alicyclic amines) is 1. The van der Waals surface area contributed by atoms with Crippen molar-refractivity contribution in [2.75, 3.05) is 13.1 Å². The molecule has 3 rings (SSSR count). The quantitative estimate of drug-likeness (QED) is 0.895. The number of aromatic nitrogens is 3. The van der Waals surface area contributed by atoms with Gasteiger partial charge < -0.3 is 10.6 Å². The Morgan fingerprint density at radius 3 is 2.50 bits per heavy atom. The topological polar surface area (TPSA) is 77.0 Å². The van der Waals surface area contributed by atoms with E-state index in [1.165, 1.54) is 0 Å². The van der Waals surface area contributed by atoms with Gasteiger partial charge in [0.25, 0.3) is 5.91 Å². The highest BCUT2D eigenvalue weighted by Gasteiger charge is 2.25. The molecule has 112 valence electrons. The van der Waals surface area contributed by atoms with Crippen molar-refractivity contribution in [1.29, 1.82) is 0 Å². The molecule has 0 bridgehead atoms. The molecule has 2 aliphatic rings. The molecule has 6 nitrogen and oxygen atoms in total. The zero-order valence-corrected chi connectivity index (χ0v) is 12.4. The molecule has 0 aromatic carbocycles. The van der Waals surface area contributed by atoms with Crippen molar-refractivity contribution in [3.8, 4) is 0 Å². The van der Waals surface area contributed by atoms with Crippen molar-refractivity contribution in [2.24, 2.45) is 5.73 Å². The van der Waals surface area contributed by atoms with Gasteiger partial charge in [0.1, 0.15) is 0 Å². The summed E-state index contributed by atoms with van der Waals surface area (Å²) in [5, 5.41) is 8.18. The first-order valence-electron chi connectivity index (χ1n) is 7.21. The standard InChI is InChI=1S/C13H21N5O.ClH/c14-10-3-5-11(6-4-10)18-9-12(15-16-18)13(19)17-7-1-2-8-17;/h9-11H,1-8,14H2;1H. The average Bonchev–Trinajstić information content (AvgIpc) is 3.10. The zero-order chi connectivity index (χ0) is 13.2. The minimum Gasteiger partial charge on any atom is -0.337 e. The molecule has 0 atom stereocenters. The molecule has 1 saturated carbocycles. The number of nitrogens with two attached hydrogens (primary N) is 1. The summed E-state index contributed by atoms with van der Waals surface area (Å²) in [4.78, 5) is 14.1. The second-order valence-electron chi connectivity index (χ2n) is 5.65. The van der Waals surface area contributed by atoms with Crippen LogP contribution in [-0.4, -0.2) is 44.9 Å². The van der Waals surface area contributed by atoms with E-state index in [4.69, 9.17) is 5.73 Å². The first-order valence-corrected chi connectivity index (χ1v) is 7.21. The van der Waals surface area contributed by atoms with E-state index in [0.717, 1.165) is 51.6 Å². The molecule has 1 aliphatic carbocycles. The van der Waals surface area contributed by atoms with Crippen molar-refractivity contribution in [3.05, 3.63) is 11.9 Å². The molecule has 2 heterocycles. The monoisotopic (exact) mass is 299 g/mol. The van der Waals surface area contributed by atoms with Gasteiger partial charge in [0, 0.05) is 19.1 Å². The summed E-state index contributed by atoms with van der Waals surface area (Å²) in [5.74, 6) is 0.0243. The number of carbonyl (C=O) groups is 1. The molecule has 2 N–H and O–H groups in total. The molecule has 7 heteroatoms. The Morgan fingerprint density at radius 2 is 1.85 bits per heavy atom. The summed E-state index contributed by atoms with van der Waals surface area (Å²) < 4.78 is 1.86. The molecule has 1 aliphatic heterocycles. The Kier molecular flexibility index (Phi) is 4.99. The van der Waals surface area contributed by atoms with Gasteiger partial charge in [-0.1, -0.05) is 5.21 Å². The summed E-state index contributed by atoms with van der Waals surface area (Å²) in [7, 11) is 0. The first-order chi connectivity index (χ1) is 9.24. The lowest BCUT2D eigenvalue weighted by atomic mass is 9.92. The molecule has 0 radical (unpaired) electrons. The van der Waals surface area contributed by atoms with Gasteiger partial charge in [-0.3, -0.25) is 4.79 Å². The second-order valence-corrected chi connectivity index (χ2v) is 5.65. The number of amides is 1. The van der Waals surface area contributed by atoms with Crippen LogP contribution < -0.4 is 5.73 Å². The van der Waals surface area contributed by atoms with Crippen molar-refractivity contribution in [1.82, 2.24) is 19.9 Å². The highest BCUT2D eigenvalue weighted by molar-refractivity contribution is 5.92. The van der Waals surface area contributed by atoms with E-state index in [1.54, 1.807) is 0 Å². The van der Waals surface area contributed by atoms with Crippen LogP contribution in [0.4, 0.5) is 0 Å². The van der Waals surface area contributed by atoms with Crippen LogP contribution in [0.15, 0.2) is 6.20 Å². The van der Waals surface area contributed by atoms with Crippen LogP contribution >= 0.6 is 12.4 Å². The molecule has 1 saturated heterocycles. The molecular weight excluding hydrogens is 278 g/mol. The number of halogens is 1. The predicted octanol–water partition coefficient (Wildman–Crippen LogP) is 1.38. The fourth-order valence-corrected chi connectivity index (χ4v) is 3.00. The van der Waals surface area contributed by atoms with Crippen LogP contribution in [0.3, 0.4) is 0 Å². The van der Waals surface area contributed by atoms with E-state index in [-0.39, 0.29) is 18.3 Å². The molecule has 1 aromatic rings. The smallest absolute Gasteiger partial charge is 0.276 e. The first kappa shape index (κ1) is 15.3. The molecule has 1 amide bonds. The minimum atomic E-state index is 0. The largest absolute Gasteiger partial charge is 0.337 e. The van der Waals surface area contributed by atoms with Crippen molar-refractivity contribution in [3.63, 3.8) is 0 Å². The van der Waals surface area contributed by atoms with Gasteiger partial charge in [0.2, 0.25) is 0 Å². The summed E-state index contributed by atoms with van der Waals surface area (Å²) in [6.45, 7) is 1.70. The maximum absolute atomic E-state index is 12.2. The number of hydrogen-bond donors (Lipinski definition) is 1. The van der Waals surface area contributed by atoms with E-state index in [2.05, 4.69) is 10.3 Å². The van der Waals surface area contributed by atoms with Gasteiger partial charge in [-0.15, -0.1) is 17.5 Å². The fourth-order valence-electron chi connectivity index (χ4n) is 3.00. The molecule has 0 spiro atoms. The highest BCUT2D eigenvalue weighted by Crippen LogP contribution is 2.27. The lowest BCUT2D eigenvalue weighted by Crippen LogP contribution is -2.28. The van der Waals surface area contributed by atoms with E-state index in [0.29, 0.717) is 17.8 Å². The van der Waals surface area contributed by atoms with Crippen molar-refractivity contribution >= 4 is 18.3 Å². The van der Waals surface area contributed by atoms with E-state index in [9.17, 15) is 4.79 Å². The van der Waals surface area contributed by atoms with E-state index in [1.807, 2.05) is 15.8 Å². The van der Waals surface area contributed by atoms with Crippen LogP contribution in [0.25, 0.3) is 0 Å². The van der Waals surface area contributed by atoms with Crippen molar-refractivity contribution < 1.29 is 4.79 Å². The van der Waals surface area contributed by atoms with E-state index < -0.39 is 0 Å². The number of hydrogen-bond acceptors (Lipinski definition) is 4. The number of rotatable bonds is 2. The fraction of sp³-hybridized carbons (Fsp3) is 0.769. The van der Waals surface area contributed by atoms with Crippen LogP contribution in [0, 0.1) is 0 Å². The van der Waals surface area contributed by atoms with Crippen LogP contribution in [0.1, 0.15) is 55.1 Å². The molecule has 0 unspecified atom stereocenters. The Hall–Kier alpha value is -1.14. The minimum absolute atomic E-state index is 0. The predicted molar refractivity (Wildman–Crippen MR) is 77.9 cm³/mol. The summed E-state index contributed by atoms with van der Waals surface area (Å²) in [6.07, 6.45) is 8.12. The lowest BCUT2D eigenvalue weighted by Gasteiger charge is -2.25. The summed E-state index contributed by atoms with van der Waals surface area (Å²) in [5.41, 5.74) is 6.39. The Morgan fingerprint density at radius 1 is 1.20 bits per heavy atom. The third-order valence-corrected chi connectivity index (χ3v) is 4.24. The molecule has 2 fully saturated rings. The molecular formula is C13H22ClN5O. The van der Waals surface area contributed by atoms with Gasteiger partial charge in [0.05, 0.1) is 12.2 Å². The Balaban J connectivity index is 0.00000147. The van der Waals surface area contributed by atoms with Crippen LogP contribution in [0.5, 0.6) is 0 Å². The third-order valence-electron chi connectivity index (χ3n) is 4.24. The van der Waals surface area contributed by atoms with Gasteiger partial charge >= 0.3 is 0 Å². The third kappa shape index (κ3) is 3.12. The Bertz CT molecular complexity index is 449. The van der Waals surface area contributed by atoms with Gasteiger partial charge in [-0.25, -0.2) is 4.68 Å². The lowest BCUT2D eigenvalue weighted by molar-refractivity contribution is 0.0787. The number of nitrogens with zero attached hydrogens (tertiary/aromatic N) is 4. The van der Waals surface area contributed by atoms with Crippen LogP contribution in [0.2, 0.25) is 0 Å². The summed E-state index contributed by atoms with van der Waals surface area (Å²) in [6, 6.07) is 0.679. The second kappa shape index (κ2) is 6.54. The molecule has 1 aromatic heterocycles. The maximum Gasteiger partial charge on any atom is 0.276 e. The van der Waals surface area contributed by atoms with E-state index >= 15 is 0 Å². The number of carbonyl (C=O) groups excluding carboxylic acids is 1. The maximum atomic E-state index is 12.2. The van der Waals surface area contributed by atoms with Crippen molar-refractivity contribution in [2.45, 2.75) is 50.6 Å².